The molecule has 0 bridgehead atoms. The Labute approximate surface area is 134 Å². The fourth-order valence-electron chi connectivity index (χ4n) is 1.71. The minimum Gasteiger partial charge on any atom is -0.481 e. The van der Waals surface area contributed by atoms with Gasteiger partial charge in [-0.2, -0.15) is 0 Å². The molecule has 0 atom stereocenters. The van der Waals surface area contributed by atoms with Crippen molar-refractivity contribution in [2.45, 2.75) is 42.0 Å². The number of nitrogens with one attached hydrogen (secondary N) is 1. The second kappa shape index (κ2) is 7.00. The van der Waals surface area contributed by atoms with Crippen molar-refractivity contribution in [3.8, 4) is 0 Å². The van der Waals surface area contributed by atoms with E-state index in [9.17, 15) is 13.2 Å². The van der Waals surface area contributed by atoms with Gasteiger partial charge in [-0.05, 0) is 44.7 Å². The predicted octanol–water partition coefficient (Wildman–Crippen LogP) is 2.98. The van der Waals surface area contributed by atoms with Crippen LogP contribution in [0.15, 0.2) is 28.0 Å². The molecule has 8 heteroatoms. The standard InChI is InChI=1S/C13H18ClNO4S2/c1-13(2,7-6-12(16)17)15-21(18,19)9-4-5-11(20-3)10(14)8-9/h4-5,8,15H,6-7H2,1-3H3,(H,16,17). The van der Waals surface area contributed by atoms with Gasteiger partial charge >= 0.3 is 5.97 Å². The van der Waals surface area contributed by atoms with E-state index in [-0.39, 0.29) is 17.7 Å². The van der Waals surface area contributed by atoms with E-state index in [0.29, 0.717) is 5.02 Å². The molecule has 1 aromatic carbocycles. The van der Waals surface area contributed by atoms with E-state index >= 15 is 0 Å². The number of thioether (sulfide) groups is 1. The maximum absolute atomic E-state index is 12.3. The molecule has 0 fully saturated rings. The molecular formula is C13H18ClNO4S2. The molecule has 0 spiro atoms. The van der Waals surface area contributed by atoms with Gasteiger partial charge in [0.25, 0.3) is 0 Å². The number of carbonyl (C=O) groups is 1. The molecule has 0 aliphatic heterocycles. The third-order valence-corrected chi connectivity index (χ3v) is 5.72. The Bertz CT molecular complexity index is 629. The molecule has 21 heavy (non-hydrogen) atoms. The summed E-state index contributed by atoms with van der Waals surface area (Å²) in [5.41, 5.74) is -0.859. The lowest BCUT2D eigenvalue weighted by Gasteiger charge is -2.25. The molecule has 0 saturated carbocycles. The lowest BCUT2D eigenvalue weighted by Crippen LogP contribution is -2.43. The minimum absolute atomic E-state index is 0.0636. The summed E-state index contributed by atoms with van der Waals surface area (Å²) >= 11 is 7.45. The van der Waals surface area contributed by atoms with E-state index in [1.165, 1.54) is 23.9 Å². The van der Waals surface area contributed by atoms with Gasteiger partial charge < -0.3 is 5.11 Å². The smallest absolute Gasteiger partial charge is 0.303 e. The van der Waals surface area contributed by atoms with Crippen LogP contribution in [-0.4, -0.2) is 31.3 Å². The van der Waals surface area contributed by atoms with Crippen molar-refractivity contribution < 1.29 is 18.3 Å². The van der Waals surface area contributed by atoms with Crippen LogP contribution in [0.1, 0.15) is 26.7 Å². The van der Waals surface area contributed by atoms with Crippen LogP contribution in [0.5, 0.6) is 0 Å². The maximum atomic E-state index is 12.3. The van der Waals surface area contributed by atoms with Crippen molar-refractivity contribution in [3.63, 3.8) is 0 Å². The van der Waals surface area contributed by atoms with Crippen LogP contribution in [-0.2, 0) is 14.8 Å². The van der Waals surface area contributed by atoms with Crippen LogP contribution >= 0.6 is 23.4 Å². The van der Waals surface area contributed by atoms with Crippen molar-refractivity contribution in [3.05, 3.63) is 23.2 Å². The molecule has 2 N–H and O–H groups in total. The fraction of sp³-hybridized carbons (Fsp3) is 0.462. The van der Waals surface area contributed by atoms with Crippen LogP contribution < -0.4 is 4.72 Å². The first kappa shape index (κ1) is 18.3. The number of carboxylic acids is 1. The highest BCUT2D eigenvalue weighted by Gasteiger charge is 2.27. The van der Waals surface area contributed by atoms with Gasteiger partial charge in [0.2, 0.25) is 10.0 Å². The van der Waals surface area contributed by atoms with Crippen molar-refractivity contribution in [2.24, 2.45) is 0 Å². The van der Waals surface area contributed by atoms with E-state index in [1.807, 2.05) is 6.26 Å². The van der Waals surface area contributed by atoms with Gasteiger partial charge in [0.1, 0.15) is 0 Å². The molecule has 1 rings (SSSR count). The number of halogens is 1. The molecule has 0 aromatic heterocycles. The quantitative estimate of drug-likeness (QED) is 0.738. The number of carboxylic acid groups (broad SMARTS) is 1. The summed E-state index contributed by atoms with van der Waals surface area (Å²) in [5.74, 6) is -0.963. The van der Waals surface area contributed by atoms with Gasteiger partial charge in [0, 0.05) is 16.9 Å². The van der Waals surface area contributed by atoms with Crippen molar-refractivity contribution in [1.82, 2.24) is 4.72 Å². The second-order valence-corrected chi connectivity index (χ2v) is 8.12. The Kier molecular flexibility index (Phi) is 6.10. The monoisotopic (exact) mass is 351 g/mol. The van der Waals surface area contributed by atoms with Gasteiger partial charge in [-0.15, -0.1) is 11.8 Å². The average molecular weight is 352 g/mol. The summed E-state index contributed by atoms with van der Waals surface area (Å²) < 4.78 is 27.2. The summed E-state index contributed by atoms with van der Waals surface area (Å²) in [6, 6.07) is 4.52. The molecule has 0 heterocycles. The van der Waals surface area contributed by atoms with Crippen molar-refractivity contribution in [1.29, 1.82) is 0 Å². The van der Waals surface area contributed by atoms with E-state index in [0.717, 1.165) is 4.90 Å². The Balaban J connectivity index is 2.95. The zero-order valence-corrected chi connectivity index (χ0v) is 14.4. The highest BCUT2D eigenvalue weighted by atomic mass is 35.5. The molecule has 0 amide bonds. The number of aliphatic carboxylic acids is 1. The molecule has 0 aliphatic rings. The average Bonchev–Trinajstić information content (AvgIpc) is 2.35. The number of hydrogen-bond acceptors (Lipinski definition) is 4. The molecular weight excluding hydrogens is 334 g/mol. The molecule has 118 valence electrons. The van der Waals surface area contributed by atoms with Gasteiger partial charge in [-0.25, -0.2) is 13.1 Å². The first-order chi connectivity index (χ1) is 9.57. The highest BCUT2D eigenvalue weighted by Crippen LogP contribution is 2.28. The topological polar surface area (TPSA) is 83.5 Å². The molecule has 1 aromatic rings. The normalized spacial score (nSPS) is 12.4. The lowest BCUT2D eigenvalue weighted by molar-refractivity contribution is -0.137. The van der Waals surface area contributed by atoms with Gasteiger partial charge in [0.05, 0.1) is 9.92 Å². The summed E-state index contributed by atoms with van der Waals surface area (Å²) in [6.07, 6.45) is 1.93. The zero-order chi connectivity index (χ0) is 16.3. The van der Waals surface area contributed by atoms with Crippen LogP contribution in [0.3, 0.4) is 0 Å². The van der Waals surface area contributed by atoms with Gasteiger partial charge in [-0.1, -0.05) is 11.6 Å². The van der Waals surface area contributed by atoms with E-state index in [1.54, 1.807) is 19.9 Å². The van der Waals surface area contributed by atoms with Crippen LogP contribution in [0, 0.1) is 0 Å². The lowest BCUT2D eigenvalue weighted by atomic mass is 10.0. The van der Waals surface area contributed by atoms with Crippen LogP contribution in [0.2, 0.25) is 5.02 Å². The van der Waals surface area contributed by atoms with Gasteiger partial charge in [-0.3, -0.25) is 4.79 Å². The second-order valence-electron chi connectivity index (χ2n) is 5.18. The number of sulfonamides is 1. The number of rotatable bonds is 7. The summed E-state index contributed by atoms with van der Waals surface area (Å²) in [7, 11) is -3.75. The Morgan fingerprint density at radius 3 is 2.52 bits per heavy atom. The predicted molar refractivity (Wildman–Crippen MR) is 84.5 cm³/mol. The first-order valence-corrected chi connectivity index (χ1v) is 9.25. The van der Waals surface area contributed by atoms with Crippen molar-refractivity contribution >= 4 is 39.4 Å². The highest BCUT2D eigenvalue weighted by molar-refractivity contribution is 7.98. The Morgan fingerprint density at radius 2 is 2.05 bits per heavy atom. The number of hydrogen-bond donors (Lipinski definition) is 2. The van der Waals surface area contributed by atoms with Gasteiger partial charge in [0.15, 0.2) is 0 Å². The fourth-order valence-corrected chi connectivity index (χ4v) is 4.11. The SMILES string of the molecule is CSc1ccc(S(=O)(=O)NC(C)(C)CCC(=O)O)cc1Cl. The van der Waals surface area contributed by atoms with E-state index in [2.05, 4.69) is 4.72 Å². The molecule has 0 aliphatic carbocycles. The largest absolute Gasteiger partial charge is 0.481 e. The molecule has 0 saturated heterocycles. The Morgan fingerprint density at radius 1 is 1.43 bits per heavy atom. The van der Waals surface area contributed by atoms with Crippen LogP contribution in [0.25, 0.3) is 0 Å². The molecule has 5 nitrogen and oxygen atoms in total. The third kappa shape index (κ3) is 5.50. The zero-order valence-electron chi connectivity index (χ0n) is 12.0. The van der Waals surface area contributed by atoms with E-state index < -0.39 is 21.5 Å². The minimum atomic E-state index is -3.75. The number of benzene rings is 1. The Hall–Kier alpha value is -0.760. The van der Waals surface area contributed by atoms with Crippen LogP contribution in [0.4, 0.5) is 0 Å². The summed E-state index contributed by atoms with van der Waals surface area (Å²) in [6.45, 7) is 3.29. The summed E-state index contributed by atoms with van der Waals surface area (Å²) in [5, 5.41) is 9.06. The molecule has 0 radical (unpaired) electrons. The van der Waals surface area contributed by atoms with E-state index in [4.69, 9.17) is 16.7 Å². The first-order valence-electron chi connectivity index (χ1n) is 6.17. The van der Waals surface area contributed by atoms with Crippen molar-refractivity contribution in [2.75, 3.05) is 6.26 Å². The summed E-state index contributed by atoms with van der Waals surface area (Å²) in [4.78, 5) is 11.5. The third-order valence-electron chi connectivity index (χ3n) is 2.81. The maximum Gasteiger partial charge on any atom is 0.303 e. The molecule has 0 unspecified atom stereocenters.